The van der Waals surface area contributed by atoms with E-state index < -0.39 is 25.1 Å². The predicted molar refractivity (Wildman–Crippen MR) is 130 cm³/mol. The first-order valence-corrected chi connectivity index (χ1v) is 13.9. The molecule has 0 unspecified atom stereocenters. The molecule has 0 radical (unpaired) electrons. The van der Waals surface area contributed by atoms with Gasteiger partial charge in [-0.3, -0.25) is 0 Å². The number of ether oxygens (including phenoxy) is 2. The molecule has 34 heavy (non-hydrogen) atoms. The van der Waals surface area contributed by atoms with E-state index in [1.54, 1.807) is 24.3 Å². The Morgan fingerprint density at radius 3 is 1.91 bits per heavy atom. The molecule has 7 nitrogen and oxygen atoms in total. The lowest BCUT2D eigenvalue weighted by molar-refractivity contribution is 0.345. The number of sulfone groups is 1. The van der Waals surface area contributed by atoms with Gasteiger partial charge in [-0.15, -0.1) is 0 Å². The summed E-state index contributed by atoms with van der Waals surface area (Å²) in [4.78, 5) is 0.375. The molecular weight excluding hydrogens is 474 g/mol. The Morgan fingerprint density at radius 2 is 1.32 bits per heavy atom. The second kappa shape index (κ2) is 9.77. The Bertz CT molecular complexity index is 1340. The summed E-state index contributed by atoms with van der Waals surface area (Å²) in [5.74, 6) is 1.82. The quantitative estimate of drug-likeness (QED) is 0.476. The molecule has 180 valence electrons. The molecule has 0 saturated carbocycles. The second-order valence-electron chi connectivity index (χ2n) is 8.16. The van der Waals surface area contributed by atoms with Gasteiger partial charge in [0.1, 0.15) is 17.2 Å². The number of piperidine rings is 1. The number of para-hydroxylation sites is 1. The fourth-order valence-electron chi connectivity index (χ4n) is 3.97. The number of aryl methyl sites for hydroxylation is 1. The summed E-state index contributed by atoms with van der Waals surface area (Å²) in [6.07, 6.45) is 0.476. The third-order valence-electron chi connectivity index (χ3n) is 6.01. The van der Waals surface area contributed by atoms with Crippen LogP contribution in [-0.2, 0) is 19.9 Å². The van der Waals surface area contributed by atoms with Crippen molar-refractivity contribution in [1.29, 1.82) is 0 Å². The van der Waals surface area contributed by atoms with Gasteiger partial charge < -0.3 is 9.47 Å². The molecule has 1 heterocycles. The van der Waals surface area contributed by atoms with Gasteiger partial charge in [-0.2, -0.15) is 4.31 Å². The van der Waals surface area contributed by atoms with E-state index in [1.807, 2.05) is 31.2 Å². The number of hydrogen-bond donors (Lipinski definition) is 0. The van der Waals surface area contributed by atoms with Crippen molar-refractivity contribution >= 4 is 19.9 Å². The van der Waals surface area contributed by atoms with E-state index in [2.05, 4.69) is 0 Å². The van der Waals surface area contributed by atoms with Crippen LogP contribution in [0.1, 0.15) is 18.4 Å². The zero-order chi connectivity index (χ0) is 24.3. The van der Waals surface area contributed by atoms with Crippen LogP contribution in [0.25, 0.3) is 0 Å². The molecule has 0 N–H and O–H groups in total. The van der Waals surface area contributed by atoms with Crippen LogP contribution in [0.15, 0.2) is 82.6 Å². The molecule has 0 spiro atoms. The number of nitrogens with zero attached hydrogens (tertiary/aromatic N) is 1. The molecule has 0 aromatic heterocycles. The number of methoxy groups -OCH3 is 1. The van der Waals surface area contributed by atoms with Crippen molar-refractivity contribution in [1.82, 2.24) is 4.31 Å². The first kappa shape index (κ1) is 24.3. The highest BCUT2D eigenvalue weighted by Gasteiger charge is 2.35. The minimum absolute atomic E-state index is 0.143. The van der Waals surface area contributed by atoms with Crippen LogP contribution in [0.2, 0.25) is 0 Å². The predicted octanol–water partition coefficient (Wildman–Crippen LogP) is 4.42. The molecule has 9 heteroatoms. The number of rotatable bonds is 7. The van der Waals surface area contributed by atoms with E-state index in [0.29, 0.717) is 17.2 Å². The lowest BCUT2D eigenvalue weighted by atomic mass is 10.2. The molecule has 1 saturated heterocycles. The molecule has 3 aromatic carbocycles. The largest absolute Gasteiger partial charge is 0.497 e. The molecular formula is C25H27NO6S2. The monoisotopic (exact) mass is 501 g/mol. The smallest absolute Gasteiger partial charge is 0.243 e. The first-order chi connectivity index (χ1) is 16.2. The SMILES string of the molecule is COc1ccc(S(=O)(=O)C2CCN(S(=O)(=O)c3ccc(Oc4ccccc4C)cc3)CC2)cc1. The normalized spacial score (nSPS) is 15.7. The molecule has 0 aliphatic carbocycles. The van der Waals surface area contributed by atoms with Crippen LogP contribution < -0.4 is 9.47 Å². The Balaban J connectivity index is 1.42. The van der Waals surface area contributed by atoms with Gasteiger partial charge in [-0.1, -0.05) is 18.2 Å². The Hall–Kier alpha value is -2.88. The Morgan fingerprint density at radius 1 is 0.765 bits per heavy atom. The van der Waals surface area contributed by atoms with E-state index in [1.165, 1.54) is 35.7 Å². The maximum atomic E-state index is 13.1. The standard InChI is InChI=1S/C25H27NO6S2/c1-19-5-3-4-6-25(19)32-21-9-13-24(14-10-21)34(29,30)26-17-15-23(16-18-26)33(27,28)22-11-7-20(31-2)8-12-22/h3-14,23H,15-18H2,1-2H3. The third kappa shape index (κ3) is 4.96. The average molecular weight is 502 g/mol. The summed E-state index contributed by atoms with van der Waals surface area (Å²) in [7, 11) is -5.77. The molecule has 1 aliphatic rings. The van der Waals surface area contributed by atoms with Gasteiger partial charge in [0.2, 0.25) is 10.0 Å². The topological polar surface area (TPSA) is 90.0 Å². The van der Waals surface area contributed by atoms with Gasteiger partial charge in [-0.05, 0) is 79.9 Å². The van der Waals surface area contributed by atoms with Crippen molar-refractivity contribution < 1.29 is 26.3 Å². The van der Waals surface area contributed by atoms with Crippen molar-refractivity contribution in [3.8, 4) is 17.2 Å². The van der Waals surface area contributed by atoms with Crippen LogP contribution in [0.4, 0.5) is 0 Å². The molecule has 1 aliphatic heterocycles. The maximum absolute atomic E-state index is 13.1. The minimum atomic E-state index is -3.74. The summed E-state index contributed by atoms with van der Waals surface area (Å²) in [6, 6.07) is 20.1. The fourth-order valence-corrected chi connectivity index (χ4v) is 7.17. The van der Waals surface area contributed by atoms with Crippen molar-refractivity contribution in [2.75, 3.05) is 20.2 Å². The summed E-state index contributed by atoms with van der Waals surface area (Å²) >= 11 is 0. The van der Waals surface area contributed by atoms with Crippen LogP contribution >= 0.6 is 0 Å². The van der Waals surface area contributed by atoms with E-state index in [-0.39, 0.29) is 35.7 Å². The molecule has 1 fully saturated rings. The zero-order valence-corrected chi connectivity index (χ0v) is 20.7. The van der Waals surface area contributed by atoms with Crippen molar-refractivity contribution in [2.45, 2.75) is 34.8 Å². The fraction of sp³-hybridized carbons (Fsp3) is 0.280. The molecule has 0 atom stereocenters. The van der Waals surface area contributed by atoms with Crippen molar-refractivity contribution in [3.05, 3.63) is 78.4 Å². The van der Waals surface area contributed by atoms with Crippen LogP contribution in [-0.4, -0.2) is 46.6 Å². The van der Waals surface area contributed by atoms with Gasteiger partial charge >= 0.3 is 0 Å². The summed E-state index contributed by atoms with van der Waals surface area (Å²) in [5.41, 5.74) is 0.978. The Labute approximate surface area is 200 Å². The highest BCUT2D eigenvalue weighted by atomic mass is 32.2. The van der Waals surface area contributed by atoms with E-state index in [4.69, 9.17) is 9.47 Å². The molecule has 4 rings (SSSR count). The van der Waals surface area contributed by atoms with Crippen molar-refractivity contribution in [2.24, 2.45) is 0 Å². The second-order valence-corrected chi connectivity index (χ2v) is 12.3. The van der Waals surface area contributed by atoms with Crippen LogP contribution in [0.3, 0.4) is 0 Å². The van der Waals surface area contributed by atoms with Gasteiger partial charge in [0.05, 0.1) is 22.2 Å². The van der Waals surface area contributed by atoms with Gasteiger partial charge in [0.25, 0.3) is 0 Å². The zero-order valence-electron chi connectivity index (χ0n) is 19.0. The molecule has 3 aromatic rings. The van der Waals surface area contributed by atoms with Crippen LogP contribution in [0, 0.1) is 6.92 Å². The lowest BCUT2D eigenvalue weighted by Crippen LogP contribution is -2.42. The number of hydrogen-bond acceptors (Lipinski definition) is 6. The minimum Gasteiger partial charge on any atom is -0.497 e. The molecule has 0 bridgehead atoms. The van der Waals surface area contributed by atoms with E-state index in [9.17, 15) is 16.8 Å². The number of benzene rings is 3. The van der Waals surface area contributed by atoms with E-state index in [0.717, 1.165) is 5.56 Å². The first-order valence-electron chi connectivity index (χ1n) is 10.9. The van der Waals surface area contributed by atoms with Gasteiger partial charge in [-0.25, -0.2) is 16.8 Å². The summed E-state index contributed by atoms with van der Waals surface area (Å²) in [5, 5.41) is -0.628. The highest BCUT2D eigenvalue weighted by molar-refractivity contribution is 7.92. The maximum Gasteiger partial charge on any atom is 0.243 e. The number of sulfonamides is 1. The lowest BCUT2D eigenvalue weighted by Gasteiger charge is -2.31. The summed E-state index contributed by atoms with van der Waals surface area (Å²) in [6.45, 7) is 2.22. The van der Waals surface area contributed by atoms with E-state index >= 15 is 0 Å². The van der Waals surface area contributed by atoms with Gasteiger partial charge in [0.15, 0.2) is 9.84 Å². The molecule has 0 amide bonds. The third-order valence-corrected chi connectivity index (χ3v) is 10.2. The van der Waals surface area contributed by atoms with Crippen molar-refractivity contribution in [3.63, 3.8) is 0 Å². The van der Waals surface area contributed by atoms with Gasteiger partial charge in [0, 0.05) is 13.1 Å². The Kier molecular flexibility index (Phi) is 6.97. The highest BCUT2D eigenvalue weighted by Crippen LogP contribution is 2.30. The average Bonchev–Trinajstić information content (AvgIpc) is 2.86. The van der Waals surface area contributed by atoms with Crippen LogP contribution in [0.5, 0.6) is 17.2 Å². The summed E-state index contributed by atoms with van der Waals surface area (Å²) < 4.78 is 64.5.